The van der Waals surface area contributed by atoms with E-state index in [1.807, 2.05) is 35.2 Å². The van der Waals surface area contributed by atoms with Crippen LogP contribution in [0.5, 0.6) is 5.75 Å². The van der Waals surface area contributed by atoms with Gasteiger partial charge in [0.25, 0.3) is 0 Å². The van der Waals surface area contributed by atoms with Crippen molar-refractivity contribution in [3.05, 3.63) is 60.9 Å². The Labute approximate surface area is 171 Å². The molecule has 2 N–H and O–H groups in total. The fraction of sp³-hybridized carbons (Fsp3) is 0.300. The first-order valence-electron chi connectivity index (χ1n) is 9.52. The van der Waals surface area contributed by atoms with Crippen LogP contribution in [0.25, 0.3) is 5.82 Å². The molecular weight excluding hydrogens is 390 g/mol. The van der Waals surface area contributed by atoms with Gasteiger partial charge < -0.3 is 14.6 Å². The normalized spacial score (nSPS) is 11.3. The van der Waals surface area contributed by atoms with Crippen LogP contribution in [-0.2, 0) is 10.0 Å². The van der Waals surface area contributed by atoms with Crippen LogP contribution in [-0.4, -0.2) is 42.9 Å². The molecule has 0 saturated heterocycles. The molecule has 0 aliphatic rings. The second-order valence-electron chi connectivity index (χ2n) is 6.37. The Morgan fingerprint density at radius 3 is 2.41 bits per heavy atom. The number of nitrogens with zero attached hydrogens (tertiary/aromatic N) is 3. The van der Waals surface area contributed by atoms with Crippen molar-refractivity contribution >= 4 is 15.8 Å². The predicted molar refractivity (Wildman–Crippen MR) is 112 cm³/mol. The number of sulfonamides is 1. The zero-order chi connectivity index (χ0) is 20.5. The number of unbranched alkanes of at least 4 members (excludes halogenated alkanes) is 1. The molecule has 0 aliphatic heterocycles. The molecule has 2 aromatic heterocycles. The summed E-state index contributed by atoms with van der Waals surface area (Å²) >= 11 is 0. The lowest BCUT2D eigenvalue weighted by Gasteiger charge is -2.10. The molecule has 0 radical (unpaired) electrons. The van der Waals surface area contributed by atoms with Gasteiger partial charge in [0.15, 0.2) is 5.82 Å². The lowest BCUT2D eigenvalue weighted by atomic mass is 10.3. The molecular formula is C20H25N5O3S. The predicted octanol–water partition coefficient (Wildman–Crippen LogP) is 2.84. The molecule has 2 heterocycles. The summed E-state index contributed by atoms with van der Waals surface area (Å²) in [6, 6.07) is 13.9. The average Bonchev–Trinajstić information content (AvgIpc) is 3.27. The number of aromatic nitrogens is 3. The molecule has 0 aliphatic carbocycles. The van der Waals surface area contributed by atoms with E-state index in [-0.39, 0.29) is 11.4 Å². The van der Waals surface area contributed by atoms with E-state index < -0.39 is 10.0 Å². The van der Waals surface area contributed by atoms with Gasteiger partial charge in [0, 0.05) is 25.5 Å². The first-order valence-corrected chi connectivity index (χ1v) is 11.0. The quantitative estimate of drug-likeness (QED) is 0.467. The van der Waals surface area contributed by atoms with Crippen molar-refractivity contribution in [3.8, 4) is 11.6 Å². The number of hydrogen-bond acceptors (Lipinski definition) is 6. The largest absolute Gasteiger partial charge is 0.494 e. The number of hydrogen-bond donors (Lipinski definition) is 2. The zero-order valence-electron chi connectivity index (χ0n) is 16.3. The Balaban J connectivity index is 1.45. The smallest absolute Gasteiger partial charge is 0.240 e. The monoisotopic (exact) mass is 415 g/mol. The van der Waals surface area contributed by atoms with E-state index in [1.54, 1.807) is 30.3 Å². The molecule has 29 heavy (non-hydrogen) atoms. The van der Waals surface area contributed by atoms with E-state index in [4.69, 9.17) is 4.74 Å². The average molecular weight is 416 g/mol. The molecule has 0 saturated carbocycles. The first-order chi connectivity index (χ1) is 14.1. The molecule has 9 heteroatoms. The summed E-state index contributed by atoms with van der Waals surface area (Å²) in [5.74, 6) is 1.96. The summed E-state index contributed by atoms with van der Waals surface area (Å²) in [6.07, 6.45) is 5.78. The number of rotatable bonds is 11. The third kappa shape index (κ3) is 6.03. The van der Waals surface area contributed by atoms with Crippen molar-refractivity contribution in [3.63, 3.8) is 0 Å². The van der Waals surface area contributed by atoms with Gasteiger partial charge in [-0.2, -0.15) is 0 Å². The molecule has 3 rings (SSSR count). The minimum Gasteiger partial charge on any atom is -0.494 e. The Hall–Kier alpha value is -2.91. The van der Waals surface area contributed by atoms with Gasteiger partial charge in [-0.3, -0.25) is 0 Å². The maximum Gasteiger partial charge on any atom is 0.240 e. The molecule has 8 nitrogen and oxygen atoms in total. The second kappa shape index (κ2) is 10.0. The Morgan fingerprint density at radius 1 is 1.00 bits per heavy atom. The number of nitrogens with one attached hydrogen (secondary N) is 2. The van der Waals surface area contributed by atoms with Crippen molar-refractivity contribution in [1.29, 1.82) is 0 Å². The SMILES string of the molecule is CCCCOc1ccc(S(=O)(=O)NCCNc2ccc(-n3cccc3)nn2)cc1. The van der Waals surface area contributed by atoms with Crippen molar-refractivity contribution in [2.45, 2.75) is 24.7 Å². The van der Waals surface area contributed by atoms with Crippen molar-refractivity contribution < 1.29 is 13.2 Å². The van der Waals surface area contributed by atoms with Gasteiger partial charge in [-0.05, 0) is 55.0 Å². The highest BCUT2D eigenvalue weighted by Gasteiger charge is 2.13. The Bertz CT molecular complexity index is 972. The van der Waals surface area contributed by atoms with Gasteiger partial charge in [-0.15, -0.1) is 10.2 Å². The van der Waals surface area contributed by atoms with E-state index in [2.05, 4.69) is 27.2 Å². The summed E-state index contributed by atoms with van der Waals surface area (Å²) in [6.45, 7) is 3.32. The second-order valence-corrected chi connectivity index (χ2v) is 8.13. The number of ether oxygens (including phenoxy) is 1. The van der Waals surface area contributed by atoms with Crippen molar-refractivity contribution in [1.82, 2.24) is 19.5 Å². The van der Waals surface area contributed by atoms with E-state index in [1.165, 1.54) is 0 Å². The van der Waals surface area contributed by atoms with Gasteiger partial charge in [-0.1, -0.05) is 13.3 Å². The minimum atomic E-state index is -3.58. The van der Waals surface area contributed by atoms with Crippen LogP contribution in [0, 0.1) is 0 Å². The first kappa shape index (κ1) is 20.8. The van der Waals surface area contributed by atoms with E-state index >= 15 is 0 Å². The summed E-state index contributed by atoms with van der Waals surface area (Å²) in [7, 11) is -3.58. The topological polar surface area (TPSA) is 98.1 Å². The molecule has 0 fully saturated rings. The minimum absolute atomic E-state index is 0.205. The maximum absolute atomic E-state index is 12.4. The summed E-state index contributed by atoms with van der Waals surface area (Å²) in [4.78, 5) is 0.205. The molecule has 0 unspecified atom stereocenters. The number of benzene rings is 1. The van der Waals surface area contributed by atoms with Crippen molar-refractivity contribution in [2.24, 2.45) is 0 Å². The van der Waals surface area contributed by atoms with Crippen LogP contribution in [0.4, 0.5) is 5.82 Å². The van der Waals surface area contributed by atoms with Crippen LogP contribution in [0.15, 0.2) is 65.8 Å². The molecule has 3 aromatic rings. The highest BCUT2D eigenvalue weighted by atomic mass is 32.2. The van der Waals surface area contributed by atoms with E-state index in [9.17, 15) is 8.42 Å². The summed E-state index contributed by atoms with van der Waals surface area (Å²) in [5, 5.41) is 11.3. The van der Waals surface area contributed by atoms with Gasteiger partial charge in [0.2, 0.25) is 10.0 Å². The molecule has 0 spiro atoms. The zero-order valence-corrected chi connectivity index (χ0v) is 17.1. The van der Waals surface area contributed by atoms with Gasteiger partial charge in [-0.25, -0.2) is 13.1 Å². The van der Waals surface area contributed by atoms with Crippen LogP contribution in [0.3, 0.4) is 0 Å². The highest BCUT2D eigenvalue weighted by molar-refractivity contribution is 7.89. The maximum atomic E-state index is 12.4. The fourth-order valence-electron chi connectivity index (χ4n) is 2.55. The lowest BCUT2D eigenvalue weighted by Crippen LogP contribution is -2.29. The molecule has 154 valence electrons. The molecule has 0 amide bonds. The van der Waals surface area contributed by atoms with Crippen LogP contribution >= 0.6 is 0 Å². The van der Waals surface area contributed by atoms with Crippen molar-refractivity contribution in [2.75, 3.05) is 25.0 Å². The Morgan fingerprint density at radius 2 is 1.76 bits per heavy atom. The van der Waals surface area contributed by atoms with Crippen LogP contribution in [0.1, 0.15) is 19.8 Å². The summed E-state index contributed by atoms with van der Waals surface area (Å²) < 4.78 is 34.7. The van der Waals surface area contributed by atoms with Crippen LogP contribution in [0.2, 0.25) is 0 Å². The fourth-order valence-corrected chi connectivity index (χ4v) is 3.58. The lowest BCUT2D eigenvalue weighted by molar-refractivity contribution is 0.309. The van der Waals surface area contributed by atoms with Gasteiger partial charge >= 0.3 is 0 Å². The molecule has 1 aromatic carbocycles. The summed E-state index contributed by atoms with van der Waals surface area (Å²) in [5.41, 5.74) is 0. The van der Waals surface area contributed by atoms with Crippen LogP contribution < -0.4 is 14.8 Å². The van der Waals surface area contributed by atoms with Gasteiger partial charge in [0.1, 0.15) is 11.6 Å². The number of anilines is 1. The van der Waals surface area contributed by atoms with E-state index in [0.717, 1.165) is 12.8 Å². The van der Waals surface area contributed by atoms with E-state index in [0.29, 0.717) is 30.5 Å². The van der Waals surface area contributed by atoms with Gasteiger partial charge in [0.05, 0.1) is 11.5 Å². The highest BCUT2D eigenvalue weighted by Crippen LogP contribution is 2.16. The molecule has 0 atom stereocenters. The standard InChI is InChI=1S/C20H25N5O3S/c1-2-3-16-28-17-6-8-18(9-7-17)29(26,27)22-13-12-21-19-10-11-20(24-23-19)25-14-4-5-15-25/h4-11,14-15,22H,2-3,12-13,16H2,1H3,(H,21,23). The Kier molecular flexibility index (Phi) is 7.20. The molecule has 0 bridgehead atoms. The third-order valence-electron chi connectivity index (χ3n) is 4.14. The third-order valence-corrected chi connectivity index (χ3v) is 5.62.